The van der Waals surface area contributed by atoms with Crippen LogP contribution < -0.4 is 20.9 Å². The van der Waals surface area contributed by atoms with Gasteiger partial charge in [-0.15, -0.1) is 0 Å². The number of anilines is 2. The van der Waals surface area contributed by atoms with E-state index in [2.05, 4.69) is 5.32 Å². The van der Waals surface area contributed by atoms with Crippen LogP contribution in [0.15, 0.2) is 24.5 Å². The normalized spacial score (nSPS) is 27.6. The van der Waals surface area contributed by atoms with E-state index in [1.807, 2.05) is 0 Å². The van der Waals surface area contributed by atoms with E-state index in [1.165, 1.54) is 29.4 Å². The smallest absolute Gasteiger partial charge is 0.414 e. The molecule has 7 nitrogen and oxygen atoms in total. The number of nitrogens with one attached hydrogen (secondary N) is 1. The zero-order valence-electron chi connectivity index (χ0n) is 14.0. The maximum Gasteiger partial charge on any atom is 0.414 e. The van der Waals surface area contributed by atoms with Gasteiger partial charge < -0.3 is 25.4 Å². The number of ether oxygens (including phenoxy) is 2. The molecule has 3 fully saturated rings. The molecule has 3 saturated heterocycles. The summed E-state index contributed by atoms with van der Waals surface area (Å²) in [5.74, 6) is -1.38. The van der Waals surface area contributed by atoms with Gasteiger partial charge in [-0.2, -0.15) is 0 Å². The van der Waals surface area contributed by atoms with Crippen LogP contribution in [0.5, 0.6) is 0 Å². The monoisotopic (exact) mass is 366 g/mol. The van der Waals surface area contributed by atoms with Gasteiger partial charge in [-0.3, -0.25) is 4.90 Å². The van der Waals surface area contributed by atoms with Crippen molar-refractivity contribution in [2.75, 3.05) is 36.0 Å². The van der Waals surface area contributed by atoms with E-state index in [-0.39, 0.29) is 30.1 Å². The summed E-state index contributed by atoms with van der Waals surface area (Å²) < 4.78 is 39.9. The van der Waals surface area contributed by atoms with Gasteiger partial charge in [0.25, 0.3) is 0 Å². The number of hydrogen-bond donors (Lipinski definition) is 2. The van der Waals surface area contributed by atoms with Crippen LogP contribution in [-0.2, 0) is 9.47 Å². The Bertz CT molecular complexity index is 722. The Hall–Kier alpha value is -2.55. The van der Waals surface area contributed by atoms with Crippen LogP contribution in [0.2, 0.25) is 0 Å². The number of halogens is 2. The molecular weight excluding hydrogens is 346 g/mol. The molecule has 3 unspecified atom stereocenters. The number of carbonyl (C=O) groups excluding carboxylic acids is 1. The lowest BCUT2D eigenvalue weighted by atomic mass is 9.97. The summed E-state index contributed by atoms with van der Waals surface area (Å²) in [5, 5.41) is 2.88. The quantitative estimate of drug-likeness (QED) is 0.818. The van der Waals surface area contributed by atoms with E-state index >= 15 is 0 Å². The van der Waals surface area contributed by atoms with Gasteiger partial charge in [0.05, 0.1) is 30.9 Å². The van der Waals surface area contributed by atoms with E-state index in [0.29, 0.717) is 19.7 Å². The lowest BCUT2D eigenvalue weighted by Crippen LogP contribution is -2.58. The third-order valence-electron chi connectivity index (χ3n) is 4.99. The standard InChI is InChI=1S/C17H20F2N4O3/c18-12-5-10(22-8-11(26-17(22)24)7-21-3-2-20)6-13(19)16(12)23-9-15-14(23)1-4-25-15/h2-3,5-6,11,14-15,21H,1,4,7-9,20H2/b3-2-. The molecule has 0 saturated carbocycles. The van der Waals surface area contributed by atoms with Crippen molar-refractivity contribution in [3.63, 3.8) is 0 Å². The molecule has 0 aromatic heterocycles. The second-order valence-electron chi connectivity index (χ2n) is 6.56. The molecule has 1 amide bonds. The van der Waals surface area contributed by atoms with Crippen LogP contribution >= 0.6 is 0 Å². The van der Waals surface area contributed by atoms with Crippen molar-refractivity contribution in [1.29, 1.82) is 0 Å². The van der Waals surface area contributed by atoms with Crippen LogP contribution in [0.1, 0.15) is 6.42 Å². The lowest BCUT2D eigenvalue weighted by Gasteiger charge is -2.45. The summed E-state index contributed by atoms with van der Waals surface area (Å²) in [7, 11) is 0. The molecule has 0 spiro atoms. The summed E-state index contributed by atoms with van der Waals surface area (Å²) in [4.78, 5) is 15.0. The van der Waals surface area contributed by atoms with Crippen LogP contribution in [0.4, 0.5) is 25.0 Å². The number of amides is 1. The molecule has 0 aliphatic carbocycles. The summed E-state index contributed by atoms with van der Waals surface area (Å²) in [5.41, 5.74) is 5.31. The van der Waals surface area contributed by atoms with Crippen LogP contribution in [0, 0.1) is 11.6 Å². The largest absolute Gasteiger partial charge is 0.442 e. The average molecular weight is 366 g/mol. The van der Waals surface area contributed by atoms with E-state index in [0.717, 1.165) is 6.42 Å². The van der Waals surface area contributed by atoms with E-state index in [9.17, 15) is 13.6 Å². The van der Waals surface area contributed by atoms with Gasteiger partial charge in [-0.05, 0) is 6.42 Å². The van der Waals surface area contributed by atoms with Crippen LogP contribution in [-0.4, -0.2) is 50.6 Å². The van der Waals surface area contributed by atoms with Crippen molar-refractivity contribution in [2.24, 2.45) is 5.73 Å². The predicted molar refractivity (Wildman–Crippen MR) is 90.8 cm³/mol. The molecule has 3 aliphatic rings. The zero-order chi connectivity index (χ0) is 18.3. The second-order valence-corrected chi connectivity index (χ2v) is 6.56. The average Bonchev–Trinajstić information content (AvgIpc) is 3.13. The minimum Gasteiger partial charge on any atom is -0.442 e. The molecule has 3 N–H and O–H groups in total. The Balaban J connectivity index is 1.50. The van der Waals surface area contributed by atoms with Gasteiger partial charge in [-0.1, -0.05) is 0 Å². The maximum atomic E-state index is 14.6. The lowest BCUT2D eigenvalue weighted by molar-refractivity contribution is 0.0763. The van der Waals surface area contributed by atoms with E-state index in [1.54, 1.807) is 4.90 Å². The first-order valence-electron chi connectivity index (χ1n) is 8.54. The Labute approximate surface area is 149 Å². The topological polar surface area (TPSA) is 80.1 Å². The Morgan fingerprint density at radius 1 is 1.31 bits per heavy atom. The van der Waals surface area contributed by atoms with Crippen molar-refractivity contribution in [2.45, 2.75) is 24.7 Å². The van der Waals surface area contributed by atoms with Crippen molar-refractivity contribution in [1.82, 2.24) is 5.32 Å². The second kappa shape index (κ2) is 6.64. The van der Waals surface area contributed by atoms with Crippen molar-refractivity contribution in [3.05, 3.63) is 36.2 Å². The minimum atomic E-state index is -0.689. The molecule has 0 radical (unpaired) electrons. The first-order chi connectivity index (χ1) is 12.6. The third-order valence-corrected chi connectivity index (χ3v) is 4.99. The number of cyclic esters (lactones) is 1. The number of benzene rings is 1. The van der Waals surface area contributed by atoms with Crippen molar-refractivity contribution < 1.29 is 23.0 Å². The molecule has 140 valence electrons. The zero-order valence-corrected chi connectivity index (χ0v) is 14.0. The fourth-order valence-corrected chi connectivity index (χ4v) is 3.70. The van der Waals surface area contributed by atoms with Gasteiger partial charge in [0.1, 0.15) is 11.8 Å². The molecule has 9 heteroatoms. The highest BCUT2D eigenvalue weighted by atomic mass is 19.1. The summed E-state index contributed by atoms with van der Waals surface area (Å²) >= 11 is 0. The van der Waals surface area contributed by atoms with Gasteiger partial charge >= 0.3 is 6.09 Å². The molecule has 26 heavy (non-hydrogen) atoms. The first-order valence-corrected chi connectivity index (χ1v) is 8.54. The van der Waals surface area contributed by atoms with Gasteiger partial charge in [0.2, 0.25) is 0 Å². The highest BCUT2D eigenvalue weighted by Gasteiger charge is 2.45. The SMILES string of the molecule is N/C=C\NCC1CN(c2cc(F)c(N3CC4OCCC43)c(F)c2)C(=O)O1. The highest BCUT2D eigenvalue weighted by Crippen LogP contribution is 2.39. The molecule has 0 bridgehead atoms. The van der Waals surface area contributed by atoms with Crippen molar-refractivity contribution >= 4 is 17.5 Å². The Morgan fingerprint density at radius 3 is 2.77 bits per heavy atom. The molecule has 3 atom stereocenters. The number of carbonyl (C=O) groups is 1. The molecule has 4 rings (SSSR count). The van der Waals surface area contributed by atoms with Gasteiger partial charge in [0.15, 0.2) is 11.6 Å². The molecule has 3 heterocycles. The van der Waals surface area contributed by atoms with Crippen LogP contribution in [0.25, 0.3) is 0 Å². The van der Waals surface area contributed by atoms with Crippen molar-refractivity contribution in [3.8, 4) is 0 Å². The van der Waals surface area contributed by atoms with Gasteiger partial charge in [-0.25, -0.2) is 13.6 Å². The van der Waals surface area contributed by atoms with E-state index in [4.69, 9.17) is 15.2 Å². The minimum absolute atomic E-state index is 0.0210. The number of nitrogens with zero attached hydrogens (tertiary/aromatic N) is 2. The molecule has 1 aromatic carbocycles. The molecule has 1 aromatic rings. The van der Waals surface area contributed by atoms with E-state index < -0.39 is 23.8 Å². The maximum absolute atomic E-state index is 14.6. The molecule has 3 aliphatic heterocycles. The first kappa shape index (κ1) is 16.9. The highest BCUT2D eigenvalue weighted by molar-refractivity contribution is 5.90. The molecular formula is C17H20F2N4O3. The number of nitrogens with two attached hydrogens (primary N) is 1. The third kappa shape index (κ3) is 2.82. The predicted octanol–water partition coefficient (Wildman–Crippen LogP) is 1.29. The number of fused-ring (bicyclic) bond motifs is 1. The summed E-state index contributed by atoms with van der Waals surface area (Å²) in [6.45, 7) is 1.65. The van der Waals surface area contributed by atoms with Crippen LogP contribution in [0.3, 0.4) is 0 Å². The van der Waals surface area contributed by atoms with Gasteiger partial charge in [0, 0.05) is 37.7 Å². The summed E-state index contributed by atoms with van der Waals surface area (Å²) in [6.07, 6.45) is 2.60. The summed E-state index contributed by atoms with van der Waals surface area (Å²) in [6, 6.07) is 2.38. The Morgan fingerprint density at radius 2 is 2.08 bits per heavy atom. The fraction of sp³-hybridized carbons (Fsp3) is 0.471. The number of hydrogen-bond acceptors (Lipinski definition) is 6. The number of rotatable bonds is 5. The Kier molecular flexibility index (Phi) is 4.31. The fourth-order valence-electron chi connectivity index (χ4n) is 3.70.